The van der Waals surface area contributed by atoms with E-state index in [2.05, 4.69) is 29.9 Å². The summed E-state index contributed by atoms with van der Waals surface area (Å²) < 4.78 is 47.2. The molecular formula is C28H36N4O6Si. The van der Waals surface area contributed by atoms with Crippen LogP contribution in [0.4, 0.5) is 5.82 Å². The molecule has 2 saturated carbocycles. The number of aromatic nitrogens is 3. The monoisotopic (exact) mass is 555 g/mol. The zero-order valence-electron chi connectivity index (χ0n) is 25.7. The van der Waals surface area contributed by atoms with Gasteiger partial charge in [-0.15, -0.1) is 0 Å². The lowest BCUT2D eigenvalue weighted by molar-refractivity contribution is -0.143. The van der Waals surface area contributed by atoms with E-state index in [1.54, 1.807) is 18.2 Å². The molecule has 2 aliphatic carbocycles. The summed E-state index contributed by atoms with van der Waals surface area (Å²) in [7, 11) is -2.74. The number of pyridine rings is 2. The van der Waals surface area contributed by atoms with Crippen molar-refractivity contribution in [2.75, 3.05) is 26.1 Å². The zero-order chi connectivity index (χ0) is 30.2. The number of hydrogen-bond donors (Lipinski definition) is 1. The first-order chi connectivity index (χ1) is 19.8. The first-order valence-electron chi connectivity index (χ1n) is 14.6. The number of amides is 1. The van der Waals surface area contributed by atoms with Gasteiger partial charge >= 0.3 is 5.97 Å². The van der Waals surface area contributed by atoms with Crippen molar-refractivity contribution in [3.63, 3.8) is 0 Å². The predicted octanol–water partition coefficient (Wildman–Crippen LogP) is 4.71. The highest BCUT2D eigenvalue weighted by molar-refractivity contribution is 6.76. The van der Waals surface area contributed by atoms with Crippen molar-refractivity contribution in [2.45, 2.75) is 57.8 Å². The summed E-state index contributed by atoms with van der Waals surface area (Å²) in [5.41, 5.74) is 1.53. The molecule has 2 aliphatic rings. The zero-order valence-corrected chi connectivity index (χ0v) is 23.7. The van der Waals surface area contributed by atoms with Crippen molar-refractivity contribution in [1.82, 2.24) is 14.5 Å². The van der Waals surface area contributed by atoms with Gasteiger partial charge in [0.05, 0.1) is 41.8 Å². The number of carbonyl (C=O) groups is 2. The number of hydrogen-bond acceptors (Lipinski definition) is 8. The van der Waals surface area contributed by atoms with Crippen LogP contribution in [0.3, 0.4) is 0 Å². The third-order valence-corrected chi connectivity index (χ3v) is 8.60. The third kappa shape index (κ3) is 6.25. The van der Waals surface area contributed by atoms with Crippen molar-refractivity contribution in [3.8, 4) is 22.8 Å². The van der Waals surface area contributed by atoms with Gasteiger partial charge in [0.1, 0.15) is 23.9 Å². The molecule has 0 saturated heterocycles. The van der Waals surface area contributed by atoms with Gasteiger partial charge in [-0.3, -0.25) is 9.59 Å². The molecule has 10 nitrogen and oxygen atoms in total. The van der Waals surface area contributed by atoms with Gasteiger partial charge in [-0.05, 0) is 43.5 Å². The maximum atomic E-state index is 12.8. The minimum atomic E-state index is -2.72. The number of methoxy groups -OCH3 is 2. The van der Waals surface area contributed by atoms with Crippen molar-refractivity contribution >= 4 is 36.8 Å². The molecule has 3 aromatic rings. The Balaban J connectivity index is 1.52. The quantitative estimate of drug-likeness (QED) is 0.194. The summed E-state index contributed by atoms with van der Waals surface area (Å²) >= 11 is 0. The van der Waals surface area contributed by atoms with E-state index in [-0.39, 0.29) is 24.6 Å². The molecule has 3 heterocycles. The Labute approximate surface area is 233 Å². The number of nitrogens with zero attached hydrogens (tertiary/aromatic N) is 3. The molecule has 208 valence electrons. The third-order valence-electron chi connectivity index (χ3n) is 6.89. The highest BCUT2D eigenvalue weighted by atomic mass is 28.3. The van der Waals surface area contributed by atoms with Crippen LogP contribution in [-0.2, 0) is 25.8 Å². The Morgan fingerprint density at radius 3 is 2.74 bits per heavy atom. The van der Waals surface area contributed by atoms with E-state index in [1.165, 1.54) is 13.3 Å². The van der Waals surface area contributed by atoms with Crippen LogP contribution in [0.25, 0.3) is 22.2 Å². The lowest BCUT2D eigenvalue weighted by Gasteiger charge is -2.15. The molecule has 0 aliphatic heterocycles. The van der Waals surface area contributed by atoms with Crippen LogP contribution in [0.5, 0.6) is 11.6 Å². The van der Waals surface area contributed by atoms with Crippen LogP contribution in [0, 0.1) is 11.8 Å². The molecule has 2 fully saturated rings. The Bertz CT molecular complexity index is 1480. The van der Waals surface area contributed by atoms with Crippen LogP contribution < -0.4 is 14.8 Å². The number of ether oxygens (including phenoxy) is 4. The SMILES string of the molecule is [2H]C([2H])([2H])Oc1nccc(OC2CC2)c1-c1cn(COCC[Si](C)(C)C)c2nc(NC(=O)[C@@H]3C[C@H]3C(=O)OC)ccc12. The summed E-state index contributed by atoms with van der Waals surface area (Å²) in [6.45, 7) is 7.59. The molecule has 1 N–H and O–H groups in total. The number of anilines is 1. The molecule has 2 atom stereocenters. The maximum absolute atomic E-state index is 12.8. The number of rotatable bonds is 12. The number of fused-ring (bicyclic) bond motifs is 1. The van der Waals surface area contributed by atoms with Crippen molar-refractivity contribution in [3.05, 3.63) is 30.6 Å². The summed E-state index contributed by atoms with van der Waals surface area (Å²) in [6.07, 6.45) is 5.57. The van der Waals surface area contributed by atoms with E-state index in [4.69, 9.17) is 28.0 Å². The van der Waals surface area contributed by atoms with Crippen LogP contribution in [-0.4, -0.2) is 61.3 Å². The molecule has 5 rings (SSSR count). The Kier molecular flexibility index (Phi) is 6.60. The van der Waals surface area contributed by atoms with Gasteiger partial charge in [0, 0.05) is 38.0 Å². The van der Waals surface area contributed by atoms with Crippen LogP contribution >= 0.6 is 0 Å². The van der Waals surface area contributed by atoms with E-state index in [0.717, 1.165) is 18.9 Å². The van der Waals surface area contributed by atoms with Gasteiger partial charge in [0.25, 0.3) is 0 Å². The van der Waals surface area contributed by atoms with Crippen LogP contribution in [0.2, 0.25) is 25.7 Å². The fourth-order valence-corrected chi connectivity index (χ4v) is 5.16. The molecule has 0 spiro atoms. The van der Waals surface area contributed by atoms with Gasteiger partial charge in [-0.1, -0.05) is 19.6 Å². The first-order valence-corrected chi connectivity index (χ1v) is 16.8. The average molecular weight is 556 g/mol. The number of esters is 1. The van der Waals surface area contributed by atoms with Gasteiger partial charge < -0.3 is 28.8 Å². The number of nitrogens with one attached hydrogen (secondary N) is 1. The smallest absolute Gasteiger partial charge is 0.309 e. The maximum Gasteiger partial charge on any atom is 0.309 e. The molecule has 1 amide bonds. The minimum absolute atomic E-state index is 0.0428. The Hall–Kier alpha value is -3.44. The van der Waals surface area contributed by atoms with Gasteiger partial charge in [0.15, 0.2) is 0 Å². The van der Waals surface area contributed by atoms with E-state index in [0.29, 0.717) is 46.8 Å². The van der Waals surface area contributed by atoms with Crippen LogP contribution in [0.1, 0.15) is 23.4 Å². The second kappa shape index (κ2) is 11.0. The van der Waals surface area contributed by atoms with Gasteiger partial charge in [-0.2, -0.15) is 0 Å². The van der Waals surface area contributed by atoms with E-state index < -0.39 is 32.9 Å². The van der Waals surface area contributed by atoms with E-state index >= 15 is 0 Å². The highest BCUT2D eigenvalue weighted by Crippen LogP contribution is 2.44. The average Bonchev–Trinajstić information content (AvgIpc) is 3.83. The highest BCUT2D eigenvalue weighted by Gasteiger charge is 2.49. The Morgan fingerprint density at radius 1 is 1.21 bits per heavy atom. The van der Waals surface area contributed by atoms with Crippen LogP contribution in [0.15, 0.2) is 30.6 Å². The molecule has 0 aromatic carbocycles. The lowest BCUT2D eigenvalue weighted by atomic mass is 10.1. The molecule has 11 heteroatoms. The largest absolute Gasteiger partial charge is 0.490 e. The summed E-state index contributed by atoms with van der Waals surface area (Å²) in [6, 6.07) is 6.14. The lowest BCUT2D eigenvalue weighted by Crippen LogP contribution is -2.22. The first kappa shape index (κ1) is 23.4. The van der Waals surface area contributed by atoms with Crippen molar-refractivity contribution in [1.29, 1.82) is 0 Å². The molecule has 0 bridgehead atoms. The fraction of sp³-hybridized carbons (Fsp3) is 0.500. The van der Waals surface area contributed by atoms with E-state index in [9.17, 15) is 9.59 Å². The second-order valence-corrected chi connectivity index (χ2v) is 16.9. The molecular weight excluding hydrogens is 516 g/mol. The second-order valence-electron chi connectivity index (χ2n) is 11.3. The topological polar surface area (TPSA) is 114 Å². The molecule has 0 unspecified atom stereocenters. The van der Waals surface area contributed by atoms with Crippen molar-refractivity contribution in [2.24, 2.45) is 11.8 Å². The summed E-state index contributed by atoms with van der Waals surface area (Å²) in [5, 5.41) is 3.49. The summed E-state index contributed by atoms with van der Waals surface area (Å²) in [4.78, 5) is 33.6. The summed E-state index contributed by atoms with van der Waals surface area (Å²) in [5.74, 6) is -0.903. The molecule has 39 heavy (non-hydrogen) atoms. The Morgan fingerprint density at radius 2 is 2.03 bits per heavy atom. The minimum Gasteiger partial charge on any atom is -0.490 e. The standard InChI is InChI=1S/C28H36N4O6Si/c1-35-27-24(22(10-11-29-27)38-17-6-7-17)21-15-32(16-37-12-13-39(3,4)5)25-18(21)8-9-23(30-25)31-26(33)19-14-20(19)28(34)36-2/h8-11,15,17,19-20H,6-7,12-14,16H2,1-5H3,(H,30,31,33)/t19-,20-/m1/s1/i1D3. The van der Waals surface area contributed by atoms with Gasteiger partial charge in [0.2, 0.25) is 11.8 Å². The predicted molar refractivity (Wildman–Crippen MR) is 150 cm³/mol. The van der Waals surface area contributed by atoms with E-state index in [1.807, 2.05) is 10.8 Å². The number of carbonyl (C=O) groups excluding carboxylic acids is 2. The van der Waals surface area contributed by atoms with Crippen molar-refractivity contribution < 1.29 is 32.6 Å². The normalized spacial score (nSPS) is 20.1. The van der Waals surface area contributed by atoms with Gasteiger partial charge in [-0.25, -0.2) is 9.97 Å². The molecule has 3 aromatic heterocycles. The molecule has 0 radical (unpaired) electrons. The fourth-order valence-electron chi connectivity index (χ4n) is 4.40.